The van der Waals surface area contributed by atoms with Crippen LogP contribution in [0.3, 0.4) is 0 Å². The van der Waals surface area contributed by atoms with Crippen LogP contribution in [0.5, 0.6) is 0 Å². The smallest absolute Gasteiger partial charge is 0.340 e. The first kappa shape index (κ1) is 12.0. The van der Waals surface area contributed by atoms with Crippen LogP contribution >= 0.6 is 0 Å². The molecule has 2 aromatic rings. The van der Waals surface area contributed by atoms with Crippen molar-refractivity contribution in [3.8, 4) is 0 Å². The van der Waals surface area contributed by atoms with E-state index in [0.717, 1.165) is 11.4 Å². The number of hydrogen-bond donors (Lipinski definition) is 2. The van der Waals surface area contributed by atoms with Crippen LogP contribution < -0.4 is 11.1 Å². The molecular formula is C14H14N2O2. The molecule has 0 aliphatic carbocycles. The molecule has 18 heavy (non-hydrogen) atoms. The van der Waals surface area contributed by atoms with E-state index in [1.165, 1.54) is 7.11 Å². The van der Waals surface area contributed by atoms with Crippen molar-refractivity contribution in [3.63, 3.8) is 0 Å². The lowest BCUT2D eigenvalue weighted by Gasteiger charge is -2.09. The van der Waals surface area contributed by atoms with Gasteiger partial charge in [-0.3, -0.25) is 0 Å². The third-order valence-corrected chi connectivity index (χ3v) is 2.52. The second-order valence-corrected chi connectivity index (χ2v) is 3.78. The second kappa shape index (κ2) is 5.23. The van der Waals surface area contributed by atoms with Crippen molar-refractivity contribution < 1.29 is 9.53 Å². The molecule has 0 unspecified atom stereocenters. The van der Waals surface area contributed by atoms with Crippen LogP contribution in [0.25, 0.3) is 0 Å². The van der Waals surface area contributed by atoms with Gasteiger partial charge in [-0.15, -0.1) is 0 Å². The van der Waals surface area contributed by atoms with E-state index in [0.29, 0.717) is 11.3 Å². The predicted octanol–water partition coefficient (Wildman–Crippen LogP) is 2.80. The van der Waals surface area contributed by atoms with Crippen LogP contribution in [0.1, 0.15) is 10.4 Å². The Labute approximate surface area is 105 Å². The number of ether oxygens (including phenoxy) is 1. The van der Waals surface area contributed by atoms with Gasteiger partial charge in [0.15, 0.2) is 0 Å². The second-order valence-electron chi connectivity index (χ2n) is 3.78. The third-order valence-electron chi connectivity index (χ3n) is 2.52. The Bertz CT molecular complexity index is 553. The summed E-state index contributed by atoms with van der Waals surface area (Å²) in [4.78, 5) is 11.5. The van der Waals surface area contributed by atoms with Crippen LogP contribution in [0.2, 0.25) is 0 Å². The van der Waals surface area contributed by atoms with Gasteiger partial charge in [0, 0.05) is 17.1 Å². The van der Waals surface area contributed by atoms with Crippen LogP contribution in [0.15, 0.2) is 48.5 Å². The summed E-state index contributed by atoms with van der Waals surface area (Å²) < 4.78 is 4.68. The Morgan fingerprint density at radius 2 is 1.83 bits per heavy atom. The number of methoxy groups -OCH3 is 1. The number of carbonyl (C=O) groups is 1. The quantitative estimate of drug-likeness (QED) is 0.641. The van der Waals surface area contributed by atoms with Crippen molar-refractivity contribution in [2.24, 2.45) is 0 Å². The van der Waals surface area contributed by atoms with Gasteiger partial charge < -0.3 is 15.8 Å². The van der Waals surface area contributed by atoms with Gasteiger partial charge in [0.2, 0.25) is 0 Å². The van der Waals surface area contributed by atoms with Crippen molar-refractivity contribution in [1.29, 1.82) is 0 Å². The van der Waals surface area contributed by atoms with Crippen LogP contribution in [0, 0.1) is 0 Å². The molecule has 0 aromatic heterocycles. The molecule has 0 saturated carbocycles. The normalized spacial score (nSPS) is 9.83. The summed E-state index contributed by atoms with van der Waals surface area (Å²) in [6, 6.07) is 14.8. The number of anilines is 3. The maximum absolute atomic E-state index is 11.5. The molecule has 0 fully saturated rings. The monoisotopic (exact) mass is 242 g/mol. The summed E-state index contributed by atoms with van der Waals surface area (Å²) >= 11 is 0. The average Bonchev–Trinajstić information content (AvgIpc) is 2.41. The number of rotatable bonds is 3. The van der Waals surface area contributed by atoms with Crippen molar-refractivity contribution in [1.82, 2.24) is 0 Å². The minimum Gasteiger partial charge on any atom is -0.465 e. The van der Waals surface area contributed by atoms with E-state index in [-0.39, 0.29) is 0 Å². The number of esters is 1. The SMILES string of the molecule is COC(=O)c1cc(Nc2ccccc2)ccc1N. The average molecular weight is 242 g/mol. The zero-order chi connectivity index (χ0) is 13.0. The number of carbonyl (C=O) groups excluding carboxylic acids is 1. The van der Waals surface area contributed by atoms with E-state index >= 15 is 0 Å². The highest BCUT2D eigenvalue weighted by molar-refractivity contribution is 5.96. The summed E-state index contributed by atoms with van der Waals surface area (Å²) in [5.74, 6) is -0.441. The van der Waals surface area contributed by atoms with Crippen molar-refractivity contribution in [2.45, 2.75) is 0 Å². The molecule has 0 aliphatic rings. The molecule has 0 aliphatic heterocycles. The summed E-state index contributed by atoms with van der Waals surface area (Å²) in [7, 11) is 1.33. The number of nitrogens with one attached hydrogen (secondary N) is 1. The Hall–Kier alpha value is -2.49. The van der Waals surface area contributed by atoms with Gasteiger partial charge in [-0.05, 0) is 30.3 Å². The molecule has 0 amide bonds. The minimum absolute atomic E-state index is 0.360. The Morgan fingerprint density at radius 1 is 1.11 bits per heavy atom. The lowest BCUT2D eigenvalue weighted by molar-refractivity contribution is 0.0602. The topological polar surface area (TPSA) is 64.3 Å². The first-order valence-electron chi connectivity index (χ1n) is 5.50. The maximum Gasteiger partial charge on any atom is 0.340 e. The van der Waals surface area contributed by atoms with E-state index < -0.39 is 5.97 Å². The fraction of sp³-hybridized carbons (Fsp3) is 0.0714. The zero-order valence-corrected chi connectivity index (χ0v) is 10.0. The van der Waals surface area contributed by atoms with Crippen molar-refractivity contribution in [3.05, 3.63) is 54.1 Å². The summed E-state index contributed by atoms with van der Waals surface area (Å²) in [5, 5.41) is 3.19. The van der Waals surface area contributed by atoms with Gasteiger partial charge >= 0.3 is 5.97 Å². The van der Waals surface area contributed by atoms with Gasteiger partial charge in [0.05, 0.1) is 12.7 Å². The maximum atomic E-state index is 11.5. The van der Waals surface area contributed by atoms with Crippen molar-refractivity contribution >= 4 is 23.0 Å². The zero-order valence-electron chi connectivity index (χ0n) is 10.0. The molecule has 3 N–H and O–H groups in total. The first-order chi connectivity index (χ1) is 8.70. The van der Waals surface area contributed by atoms with E-state index in [9.17, 15) is 4.79 Å². The number of para-hydroxylation sites is 1. The van der Waals surface area contributed by atoms with Crippen LogP contribution in [-0.2, 0) is 4.74 Å². The minimum atomic E-state index is -0.441. The highest BCUT2D eigenvalue weighted by Crippen LogP contribution is 2.22. The molecular weight excluding hydrogens is 228 g/mol. The Kier molecular flexibility index (Phi) is 3.48. The molecule has 0 atom stereocenters. The van der Waals surface area contributed by atoms with Gasteiger partial charge in [-0.1, -0.05) is 18.2 Å². The number of hydrogen-bond acceptors (Lipinski definition) is 4. The third kappa shape index (κ3) is 2.60. The van der Waals surface area contributed by atoms with Gasteiger partial charge in [0.25, 0.3) is 0 Å². The lowest BCUT2D eigenvalue weighted by Crippen LogP contribution is -2.06. The number of benzene rings is 2. The van der Waals surface area contributed by atoms with Crippen LogP contribution in [-0.4, -0.2) is 13.1 Å². The molecule has 0 radical (unpaired) electrons. The van der Waals surface area contributed by atoms with Crippen LogP contribution in [0.4, 0.5) is 17.1 Å². The van der Waals surface area contributed by atoms with E-state index in [2.05, 4.69) is 10.1 Å². The fourth-order valence-corrected chi connectivity index (χ4v) is 1.61. The number of nitrogens with two attached hydrogens (primary N) is 1. The molecule has 0 saturated heterocycles. The summed E-state index contributed by atoms with van der Waals surface area (Å²) in [6.07, 6.45) is 0. The van der Waals surface area contributed by atoms with E-state index in [1.807, 2.05) is 36.4 Å². The van der Waals surface area contributed by atoms with Crippen molar-refractivity contribution in [2.75, 3.05) is 18.2 Å². The lowest BCUT2D eigenvalue weighted by atomic mass is 10.1. The molecule has 0 heterocycles. The van der Waals surface area contributed by atoms with Gasteiger partial charge in [0.1, 0.15) is 0 Å². The highest BCUT2D eigenvalue weighted by Gasteiger charge is 2.10. The summed E-state index contributed by atoms with van der Waals surface area (Å²) in [6.45, 7) is 0. The van der Waals surface area contributed by atoms with Gasteiger partial charge in [-0.25, -0.2) is 4.79 Å². The molecule has 0 spiro atoms. The van der Waals surface area contributed by atoms with E-state index in [1.54, 1.807) is 12.1 Å². The summed E-state index contributed by atoms with van der Waals surface area (Å²) in [5.41, 5.74) is 8.22. The number of nitrogen functional groups attached to an aromatic ring is 1. The van der Waals surface area contributed by atoms with Gasteiger partial charge in [-0.2, -0.15) is 0 Å². The molecule has 4 nitrogen and oxygen atoms in total. The molecule has 0 bridgehead atoms. The molecule has 4 heteroatoms. The largest absolute Gasteiger partial charge is 0.465 e. The molecule has 2 rings (SSSR count). The first-order valence-corrected chi connectivity index (χ1v) is 5.50. The molecule has 2 aromatic carbocycles. The van der Waals surface area contributed by atoms with E-state index in [4.69, 9.17) is 5.73 Å². The predicted molar refractivity (Wildman–Crippen MR) is 71.9 cm³/mol. The Balaban J connectivity index is 2.27. The fourth-order valence-electron chi connectivity index (χ4n) is 1.61. The standard InChI is InChI=1S/C14H14N2O2/c1-18-14(17)12-9-11(7-8-13(12)15)16-10-5-3-2-4-6-10/h2-9,16H,15H2,1H3. The Morgan fingerprint density at radius 3 is 2.50 bits per heavy atom. The molecule has 92 valence electrons. The highest BCUT2D eigenvalue weighted by atomic mass is 16.5.